The molecule has 0 spiro atoms. The predicted octanol–water partition coefficient (Wildman–Crippen LogP) is 3.59. The normalized spacial score (nSPS) is 19.4. The molecule has 154 valence electrons. The molecule has 1 amide bonds. The first-order valence-corrected chi connectivity index (χ1v) is 9.38. The molecule has 1 atom stereocenters. The molecule has 7 nitrogen and oxygen atoms in total. The number of nitrogens with zero attached hydrogens (tertiary/aromatic N) is 3. The van der Waals surface area contributed by atoms with Crippen molar-refractivity contribution in [1.29, 1.82) is 0 Å². The summed E-state index contributed by atoms with van der Waals surface area (Å²) in [5.74, 6) is 0.559. The largest absolute Gasteiger partial charge is 0.441 e. The molecule has 0 aromatic carbocycles. The summed E-state index contributed by atoms with van der Waals surface area (Å²) in [6.45, 7) is 4.32. The Morgan fingerprint density at radius 1 is 1.28 bits per heavy atom. The molecule has 2 aromatic heterocycles. The second kappa shape index (κ2) is 7.51. The highest BCUT2D eigenvalue weighted by atomic mass is 19.4. The van der Waals surface area contributed by atoms with Crippen LogP contribution in [0, 0.1) is 0 Å². The summed E-state index contributed by atoms with van der Waals surface area (Å²) in [4.78, 5) is 22.3. The Hall–Kier alpha value is -2.88. The lowest BCUT2D eigenvalue weighted by molar-refractivity contribution is -0.137. The van der Waals surface area contributed by atoms with Crippen molar-refractivity contribution in [2.24, 2.45) is 0 Å². The van der Waals surface area contributed by atoms with Crippen molar-refractivity contribution in [2.45, 2.75) is 25.6 Å². The monoisotopic (exact) mass is 407 g/mol. The zero-order chi connectivity index (χ0) is 20.6. The lowest BCUT2D eigenvalue weighted by Gasteiger charge is -2.30. The first-order valence-electron chi connectivity index (χ1n) is 9.38. The summed E-state index contributed by atoms with van der Waals surface area (Å²) >= 11 is 0. The van der Waals surface area contributed by atoms with Crippen LogP contribution in [0.2, 0.25) is 0 Å². The van der Waals surface area contributed by atoms with Crippen LogP contribution >= 0.6 is 0 Å². The number of carbonyl (C=O) groups excluding carboxylic acids is 1. The summed E-state index contributed by atoms with van der Waals surface area (Å²) in [6, 6.07) is 3.72. The van der Waals surface area contributed by atoms with Gasteiger partial charge in [-0.3, -0.25) is 5.32 Å². The number of rotatable bonds is 3. The van der Waals surface area contributed by atoms with Crippen molar-refractivity contribution in [3.05, 3.63) is 35.5 Å². The maximum Gasteiger partial charge on any atom is 0.416 e. The lowest BCUT2D eigenvalue weighted by Crippen LogP contribution is -2.44. The first kappa shape index (κ1) is 19.4. The predicted molar refractivity (Wildman–Crippen MR) is 101 cm³/mol. The number of alkyl halides is 3. The van der Waals surface area contributed by atoms with Gasteiger partial charge in [0.2, 0.25) is 0 Å². The SMILES string of the molecule is CC[C@H]1OC(=O)Nc2nccc(-c3cc(C(F)(F)F)cc(N4CCNCC4)n3)c21. The summed E-state index contributed by atoms with van der Waals surface area (Å²) in [6.07, 6.45) is -3.85. The second-order valence-electron chi connectivity index (χ2n) is 6.88. The number of pyridine rings is 2. The van der Waals surface area contributed by atoms with E-state index >= 15 is 0 Å². The average Bonchev–Trinajstić information content (AvgIpc) is 2.72. The minimum atomic E-state index is -4.51. The van der Waals surface area contributed by atoms with Crippen molar-refractivity contribution in [1.82, 2.24) is 15.3 Å². The van der Waals surface area contributed by atoms with Crippen molar-refractivity contribution >= 4 is 17.7 Å². The van der Waals surface area contributed by atoms with Gasteiger partial charge in [-0.25, -0.2) is 14.8 Å². The molecule has 2 N–H and O–H groups in total. The van der Waals surface area contributed by atoms with Crippen LogP contribution in [0.3, 0.4) is 0 Å². The van der Waals surface area contributed by atoms with Gasteiger partial charge in [-0.2, -0.15) is 13.2 Å². The lowest BCUT2D eigenvalue weighted by atomic mass is 9.97. The number of halogens is 3. The van der Waals surface area contributed by atoms with E-state index in [1.807, 2.05) is 11.8 Å². The third kappa shape index (κ3) is 3.84. The molecule has 0 bridgehead atoms. The number of amides is 1. The van der Waals surface area contributed by atoms with Crippen LogP contribution in [0.25, 0.3) is 11.3 Å². The molecule has 0 saturated carbocycles. The molecule has 1 saturated heterocycles. The average molecular weight is 407 g/mol. The van der Waals surface area contributed by atoms with E-state index in [0.717, 1.165) is 12.1 Å². The van der Waals surface area contributed by atoms with Crippen molar-refractivity contribution < 1.29 is 22.7 Å². The highest BCUT2D eigenvalue weighted by molar-refractivity contribution is 5.89. The number of piperazine rings is 1. The van der Waals surface area contributed by atoms with E-state index in [1.165, 1.54) is 6.20 Å². The molecular weight excluding hydrogens is 387 g/mol. The van der Waals surface area contributed by atoms with E-state index in [0.29, 0.717) is 43.7 Å². The van der Waals surface area contributed by atoms with Gasteiger partial charge in [-0.1, -0.05) is 6.92 Å². The van der Waals surface area contributed by atoms with Gasteiger partial charge in [-0.15, -0.1) is 0 Å². The molecule has 0 unspecified atom stereocenters. The van der Waals surface area contributed by atoms with E-state index in [9.17, 15) is 18.0 Å². The van der Waals surface area contributed by atoms with Crippen LogP contribution in [0.1, 0.15) is 30.6 Å². The number of anilines is 2. The molecule has 1 fully saturated rings. The fourth-order valence-corrected chi connectivity index (χ4v) is 3.60. The molecule has 0 aliphatic carbocycles. The van der Waals surface area contributed by atoms with Gasteiger partial charge in [0.15, 0.2) is 0 Å². The summed E-state index contributed by atoms with van der Waals surface area (Å²) in [5, 5.41) is 5.69. The molecule has 2 aliphatic rings. The summed E-state index contributed by atoms with van der Waals surface area (Å²) < 4.78 is 46.1. The number of hydrogen-bond acceptors (Lipinski definition) is 6. The summed E-state index contributed by atoms with van der Waals surface area (Å²) in [5.41, 5.74) is 0.401. The van der Waals surface area contributed by atoms with Crippen LogP contribution in [-0.2, 0) is 10.9 Å². The third-order valence-corrected chi connectivity index (χ3v) is 5.01. The Morgan fingerprint density at radius 3 is 2.72 bits per heavy atom. The molecule has 10 heteroatoms. The fourth-order valence-electron chi connectivity index (χ4n) is 3.60. The second-order valence-corrected chi connectivity index (χ2v) is 6.88. The van der Waals surface area contributed by atoms with E-state index < -0.39 is 23.9 Å². The van der Waals surface area contributed by atoms with Crippen LogP contribution < -0.4 is 15.5 Å². The van der Waals surface area contributed by atoms with E-state index in [2.05, 4.69) is 20.6 Å². The van der Waals surface area contributed by atoms with E-state index in [-0.39, 0.29) is 17.3 Å². The van der Waals surface area contributed by atoms with Crippen LogP contribution in [0.5, 0.6) is 0 Å². The smallest absolute Gasteiger partial charge is 0.416 e. The number of carbonyl (C=O) groups is 1. The highest BCUT2D eigenvalue weighted by Crippen LogP contribution is 2.40. The Morgan fingerprint density at radius 2 is 2.03 bits per heavy atom. The number of nitrogens with one attached hydrogen (secondary N) is 2. The van der Waals surface area contributed by atoms with Gasteiger partial charge in [-0.05, 0) is 24.6 Å². The van der Waals surface area contributed by atoms with Crippen molar-refractivity contribution in [3.8, 4) is 11.3 Å². The summed E-state index contributed by atoms with van der Waals surface area (Å²) in [7, 11) is 0. The minimum Gasteiger partial charge on any atom is -0.441 e. The Bertz CT molecular complexity index is 929. The molecule has 2 aliphatic heterocycles. The quantitative estimate of drug-likeness (QED) is 0.810. The molecule has 29 heavy (non-hydrogen) atoms. The van der Waals surface area contributed by atoms with Gasteiger partial charge in [0, 0.05) is 43.5 Å². The standard InChI is InChI=1S/C19H20F3N5O2/c1-2-14-16-12(3-4-24-17(16)26-18(28)29-14)13-9-11(19(20,21)22)10-15(25-13)27-7-5-23-6-8-27/h3-4,9-10,14,23H,2,5-8H2,1H3,(H,24,26,28)/t14-/m1/s1. The molecule has 2 aromatic rings. The van der Waals surface area contributed by atoms with Gasteiger partial charge in [0.05, 0.1) is 11.3 Å². The number of hydrogen-bond donors (Lipinski definition) is 2. The molecule has 4 rings (SSSR count). The molecular formula is C19H20F3N5O2. The van der Waals surface area contributed by atoms with Gasteiger partial charge in [0.25, 0.3) is 0 Å². The zero-order valence-electron chi connectivity index (χ0n) is 15.7. The molecule has 4 heterocycles. The van der Waals surface area contributed by atoms with E-state index in [1.54, 1.807) is 6.07 Å². The first-order chi connectivity index (χ1) is 13.9. The Balaban J connectivity index is 1.87. The number of cyclic esters (lactones) is 1. The maximum absolute atomic E-state index is 13.6. The maximum atomic E-state index is 13.6. The fraction of sp³-hybridized carbons (Fsp3) is 0.421. The number of ether oxygens (including phenoxy) is 1. The number of aromatic nitrogens is 2. The third-order valence-electron chi connectivity index (χ3n) is 5.01. The van der Waals surface area contributed by atoms with E-state index in [4.69, 9.17) is 4.74 Å². The van der Waals surface area contributed by atoms with Gasteiger partial charge in [0.1, 0.15) is 17.7 Å². The molecule has 0 radical (unpaired) electrons. The van der Waals surface area contributed by atoms with Crippen LogP contribution in [0.4, 0.5) is 29.6 Å². The zero-order valence-corrected chi connectivity index (χ0v) is 15.7. The Kier molecular flexibility index (Phi) is 5.03. The van der Waals surface area contributed by atoms with Crippen LogP contribution in [0.15, 0.2) is 24.4 Å². The van der Waals surface area contributed by atoms with Crippen molar-refractivity contribution in [2.75, 3.05) is 36.4 Å². The van der Waals surface area contributed by atoms with Crippen molar-refractivity contribution in [3.63, 3.8) is 0 Å². The van der Waals surface area contributed by atoms with Crippen LogP contribution in [-0.4, -0.2) is 42.2 Å². The highest BCUT2D eigenvalue weighted by Gasteiger charge is 2.34. The minimum absolute atomic E-state index is 0.171. The van der Waals surface area contributed by atoms with Gasteiger partial charge < -0.3 is 15.0 Å². The van der Waals surface area contributed by atoms with Gasteiger partial charge >= 0.3 is 12.3 Å². The topological polar surface area (TPSA) is 79.4 Å². The number of fused-ring (bicyclic) bond motifs is 1. The Labute approximate surface area is 165 Å².